The Labute approximate surface area is 97.3 Å². The molecule has 16 heavy (non-hydrogen) atoms. The molecule has 1 rings (SSSR count). The highest BCUT2D eigenvalue weighted by Crippen LogP contribution is 2.47. The summed E-state index contributed by atoms with van der Waals surface area (Å²) >= 11 is 0. The summed E-state index contributed by atoms with van der Waals surface area (Å²) in [6, 6.07) is 10.00. The van der Waals surface area contributed by atoms with Crippen LogP contribution >= 0.6 is 7.60 Å². The molecule has 0 saturated carbocycles. The van der Waals surface area contributed by atoms with Gasteiger partial charge in [0.2, 0.25) is 0 Å². The zero-order valence-electron chi connectivity index (χ0n) is 9.89. The van der Waals surface area contributed by atoms with Crippen LogP contribution in [-0.4, -0.2) is 19.4 Å². The van der Waals surface area contributed by atoms with Crippen molar-refractivity contribution in [3.63, 3.8) is 0 Å². The highest BCUT2D eigenvalue weighted by atomic mass is 31.2. The largest absolute Gasteiger partial charge is 0.330 e. The van der Waals surface area contributed by atoms with Gasteiger partial charge in [0, 0.05) is 6.16 Å². The highest BCUT2D eigenvalue weighted by Gasteiger charge is 2.20. The topological polar surface area (TPSA) is 35.5 Å². The zero-order valence-corrected chi connectivity index (χ0v) is 10.8. The van der Waals surface area contributed by atoms with Gasteiger partial charge in [-0.3, -0.25) is 4.57 Å². The fraction of sp³-hybridized carbons (Fsp3) is 0.500. The maximum Gasteiger partial charge on any atom is 0.330 e. The summed E-state index contributed by atoms with van der Waals surface area (Å²) < 4.78 is 22.4. The Bertz CT molecular complexity index is 337. The second-order valence-electron chi connectivity index (χ2n) is 3.41. The predicted molar refractivity (Wildman–Crippen MR) is 65.9 cm³/mol. The first-order valence-corrected chi connectivity index (χ1v) is 7.35. The molecule has 0 saturated heterocycles. The van der Waals surface area contributed by atoms with E-state index in [2.05, 4.69) is 0 Å². The van der Waals surface area contributed by atoms with Crippen molar-refractivity contribution in [2.75, 3.05) is 19.4 Å². The van der Waals surface area contributed by atoms with E-state index in [4.69, 9.17) is 9.05 Å². The third-order valence-corrected chi connectivity index (χ3v) is 4.24. The summed E-state index contributed by atoms with van der Waals surface area (Å²) in [7, 11) is -2.84. The van der Waals surface area contributed by atoms with Crippen LogP contribution in [0.2, 0.25) is 0 Å². The maximum atomic E-state index is 11.9. The Morgan fingerprint density at radius 3 is 2.38 bits per heavy atom. The maximum absolute atomic E-state index is 11.9. The zero-order chi connectivity index (χ0) is 11.9. The van der Waals surface area contributed by atoms with Gasteiger partial charge in [0.25, 0.3) is 0 Å². The molecule has 1 atom stereocenters. The molecule has 0 fully saturated rings. The molecule has 0 aliphatic rings. The lowest BCUT2D eigenvalue weighted by molar-refractivity contribution is 0.214. The van der Waals surface area contributed by atoms with Crippen LogP contribution in [0.1, 0.15) is 19.4 Å². The average Bonchev–Trinajstić information content (AvgIpc) is 2.31. The molecular formula is C12H19O3P. The number of hydrogen-bond donors (Lipinski definition) is 0. The summed E-state index contributed by atoms with van der Waals surface area (Å²) in [4.78, 5) is 0. The minimum absolute atomic E-state index is 0.426. The van der Waals surface area contributed by atoms with Crippen molar-refractivity contribution in [1.82, 2.24) is 0 Å². The second kappa shape index (κ2) is 6.85. The van der Waals surface area contributed by atoms with Gasteiger partial charge in [-0.05, 0) is 18.9 Å². The molecule has 90 valence electrons. The van der Waals surface area contributed by atoms with E-state index in [1.54, 1.807) is 0 Å². The standard InChI is InChI=1S/C12H19O3P/c1-3-14-16(13,4-2)15-11-10-12-8-6-5-7-9-12/h5-9H,3-4,10-11H2,1-2H3. The van der Waals surface area contributed by atoms with Gasteiger partial charge in [0.05, 0.1) is 13.2 Å². The first-order valence-electron chi connectivity index (χ1n) is 5.62. The molecule has 1 unspecified atom stereocenters. The van der Waals surface area contributed by atoms with E-state index in [0.29, 0.717) is 19.4 Å². The lowest BCUT2D eigenvalue weighted by atomic mass is 10.2. The van der Waals surface area contributed by atoms with Crippen LogP contribution in [0.5, 0.6) is 0 Å². The van der Waals surface area contributed by atoms with Crippen molar-refractivity contribution >= 4 is 7.60 Å². The first kappa shape index (κ1) is 13.4. The molecule has 0 bridgehead atoms. The van der Waals surface area contributed by atoms with E-state index < -0.39 is 7.60 Å². The van der Waals surface area contributed by atoms with Crippen molar-refractivity contribution in [2.45, 2.75) is 20.3 Å². The third kappa shape index (κ3) is 4.48. The Morgan fingerprint density at radius 2 is 1.81 bits per heavy atom. The van der Waals surface area contributed by atoms with Crippen LogP contribution < -0.4 is 0 Å². The Kier molecular flexibility index (Phi) is 5.75. The Morgan fingerprint density at radius 1 is 1.12 bits per heavy atom. The van der Waals surface area contributed by atoms with Gasteiger partial charge >= 0.3 is 7.60 Å². The minimum atomic E-state index is -2.84. The molecule has 0 N–H and O–H groups in total. The van der Waals surface area contributed by atoms with Crippen molar-refractivity contribution in [2.24, 2.45) is 0 Å². The normalized spacial score (nSPS) is 14.6. The summed E-state index contributed by atoms with van der Waals surface area (Å²) in [5.74, 6) is 0. The first-order chi connectivity index (χ1) is 7.70. The molecule has 0 radical (unpaired) electrons. The van der Waals surface area contributed by atoms with Crippen molar-refractivity contribution in [3.8, 4) is 0 Å². The molecule has 0 aliphatic carbocycles. The lowest BCUT2D eigenvalue weighted by Crippen LogP contribution is -2.02. The van der Waals surface area contributed by atoms with E-state index in [-0.39, 0.29) is 0 Å². The smallest absolute Gasteiger partial charge is 0.309 e. The van der Waals surface area contributed by atoms with E-state index in [0.717, 1.165) is 6.42 Å². The second-order valence-corrected chi connectivity index (χ2v) is 5.78. The van der Waals surface area contributed by atoms with Gasteiger partial charge in [-0.1, -0.05) is 37.3 Å². The van der Waals surface area contributed by atoms with Gasteiger partial charge in [-0.2, -0.15) is 0 Å². The Balaban J connectivity index is 2.37. The van der Waals surface area contributed by atoms with Crippen molar-refractivity contribution in [1.29, 1.82) is 0 Å². The molecule has 3 nitrogen and oxygen atoms in total. The molecule has 4 heteroatoms. The van der Waals surface area contributed by atoms with E-state index in [9.17, 15) is 4.57 Å². The molecular weight excluding hydrogens is 223 g/mol. The SMILES string of the molecule is CCOP(=O)(CC)OCCc1ccccc1. The van der Waals surface area contributed by atoms with E-state index >= 15 is 0 Å². The third-order valence-electron chi connectivity index (χ3n) is 2.23. The monoisotopic (exact) mass is 242 g/mol. The summed E-state index contributed by atoms with van der Waals surface area (Å²) in [6.07, 6.45) is 1.19. The average molecular weight is 242 g/mol. The number of rotatable bonds is 7. The van der Waals surface area contributed by atoms with Gasteiger partial charge < -0.3 is 9.05 Å². The quantitative estimate of drug-likeness (QED) is 0.686. The Hall–Kier alpha value is -0.630. The molecule has 0 aromatic heterocycles. The van der Waals surface area contributed by atoms with E-state index in [1.807, 2.05) is 44.2 Å². The summed E-state index contributed by atoms with van der Waals surface area (Å²) in [5.41, 5.74) is 1.18. The highest BCUT2D eigenvalue weighted by molar-refractivity contribution is 7.53. The van der Waals surface area contributed by atoms with Gasteiger partial charge in [0.1, 0.15) is 0 Å². The molecule has 0 aliphatic heterocycles. The van der Waals surface area contributed by atoms with Crippen LogP contribution in [0.4, 0.5) is 0 Å². The van der Waals surface area contributed by atoms with Crippen LogP contribution in [0.3, 0.4) is 0 Å². The van der Waals surface area contributed by atoms with Crippen LogP contribution in [0, 0.1) is 0 Å². The molecule has 0 amide bonds. The fourth-order valence-electron chi connectivity index (χ4n) is 1.36. The van der Waals surface area contributed by atoms with Gasteiger partial charge in [-0.15, -0.1) is 0 Å². The van der Waals surface area contributed by atoms with Gasteiger partial charge in [-0.25, -0.2) is 0 Å². The molecule has 1 aromatic carbocycles. The van der Waals surface area contributed by atoms with Crippen LogP contribution in [0.25, 0.3) is 0 Å². The van der Waals surface area contributed by atoms with Crippen LogP contribution in [0.15, 0.2) is 30.3 Å². The van der Waals surface area contributed by atoms with Gasteiger partial charge in [0.15, 0.2) is 0 Å². The number of benzene rings is 1. The van der Waals surface area contributed by atoms with Crippen molar-refractivity contribution in [3.05, 3.63) is 35.9 Å². The summed E-state index contributed by atoms with van der Waals surface area (Å²) in [5, 5.41) is 0. The predicted octanol–water partition coefficient (Wildman–Crippen LogP) is 3.50. The van der Waals surface area contributed by atoms with Crippen molar-refractivity contribution < 1.29 is 13.6 Å². The lowest BCUT2D eigenvalue weighted by Gasteiger charge is -2.15. The van der Waals surface area contributed by atoms with E-state index in [1.165, 1.54) is 5.56 Å². The number of hydrogen-bond acceptors (Lipinski definition) is 3. The molecule has 0 spiro atoms. The molecule has 0 heterocycles. The molecule has 1 aromatic rings. The minimum Gasteiger partial charge on any atom is -0.309 e. The fourth-order valence-corrected chi connectivity index (χ4v) is 2.57. The van der Waals surface area contributed by atoms with Crippen LogP contribution in [-0.2, 0) is 20.0 Å². The summed E-state index contributed by atoms with van der Waals surface area (Å²) in [6.45, 7) is 4.51.